The number of hydrogen-bond donors (Lipinski definition) is 0. The zero-order chi connectivity index (χ0) is 4.62. The van der Waals surface area contributed by atoms with Crippen molar-refractivity contribution < 1.29 is 0 Å². The Kier molecular flexibility index (Phi) is 0.939. The van der Waals surface area contributed by atoms with Crippen LogP contribution in [0.15, 0.2) is 12.7 Å². The van der Waals surface area contributed by atoms with Crippen molar-refractivity contribution in [3.63, 3.8) is 0 Å². The van der Waals surface area contributed by atoms with Crippen LogP contribution in [0.1, 0.15) is 12.8 Å². The minimum atomic E-state index is 0.526. The van der Waals surface area contributed by atoms with Crippen LogP contribution in [-0.2, 0) is 0 Å². The van der Waals surface area contributed by atoms with E-state index in [0.717, 1.165) is 0 Å². The first-order valence-corrected chi connectivity index (χ1v) is 3.17. The number of hydrogen-bond acceptors (Lipinski definition) is 0. The van der Waals surface area contributed by atoms with Crippen molar-refractivity contribution in [3.8, 4) is 0 Å². The summed E-state index contributed by atoms with van der Waals surface area (Å²) in [7, 11) is 0. The molecule has 0 aromatic heterocycles. The molecule has 6 heavy (non-hydrogen) atoms. The van der Waals surface area contributed by atoms with E-state index < -0.39 is 0 Å². The molecule has 1 saturated carbocycles. The second kappa shape index (κ2) is 1.22. The summed E-state index contributed by atoms with van der Waals surface area (Å²) < 4.78 is 0.526. The van der Waals surface area contributed by atoms with E-state index in [2.05, 4.69) is 29.2 Å². The van der Waals surface area contributed by atoms with E-state index in [1.165, 1.54) is 12.8 Å². The van der Waals surface area contributed by atoms with Crippen LogP contribution in [-0.4, -0.2) is 3.42 Å². The van der Waals surface area contributed by atoms with Gasteiger partial charge in [0.25, 0.3) is 0 Å². The molecule has 0 aromatic carbocycles. The highest BCUT2D eigenvalue weighted by molar-refractivity contribution is 14.1. The van der Waals surface area contributed by atoms with Crippen molar-refractivity contribution >= 4 is 22.6 Å². The molecule has 1 rings (SSSR count). The van der Waals surface area contributed by atoms with E-state index in [4.69, 9.17) is 0 Å². The Morgan fingerprint density at radius 2 is 2.17 bits per heavy atom. The molecule has 34 valence electrons. The maximum Gasteiger partial charge on any atom is 0.0399 e. The maximum atomic E-state index is 3.69. The van der Waals surface area contributed by atoms with Gasteiger partial charge in [-0.1, -0.05) is 28.7 Å². The van der Waals surface area contributed by atoms with Crippen molar-refractivity contribution in [3.05, 3.63) is 12.7 Å². The highest BCUT2D eigenvalue weighted by Crippen LogP contribution is 2.45. The lowest BCUT2D eigenvalue weighted by atomic mass is 10.4. The normalized spacial score (nSPS) is 26.2. The Balaban J connectivity index is 2.47. The Labute approximate surface area is 51.8 Å². The summed E-state index contributed by atoms with van der Waals surface area (Å²) in [6.45, 7) is 3.69. The summed E-state index contributed by atoms with van der Waals surface area (Å²) in [5.74, 6) is 0. The van der Waals surface area contributed by atoms with Gasteiger partial charge in [-0.25, -0.2) is 0 Å². The first-order valence-electron chi connectivity index (χ1n) is 2.09. The van der Waals surface area contributed by atoms with Gasteiger partial charge in [-0.05, 0) is 12.8 Å². The summed E-state index contributed by atoms with van der Waals surface area (Å²) in [6.07, 6.45) is 4.72. The Bertz CT molecular complexity index is 72.0. The first kappa shape index (κ1) is 4.62. The number of allylic oxidation sites excluding steroid dienone is 1. The third kappa shape index (κ3) is 0.750. The molecule has 1 aliphatic carbocycles. The SMILES string of the molecule is C=CC1(I)CC1. The second-order valence-electron chi connectivity index (χ2n) is 1.74. The lowest BCUT2D eigenvalue weighted by Gasteiger charge is -1.88. The van der Waals surface area contributed by atoms with Gasteiger partial charge in [0.15, 0.2) is 0 Å². The fraction of sp³-hybridized carbons (Fsp3) is 0.600. The van der Waals surface area contributed by atoms with Crippen LogP contribution in [0.5, 0.6) is 0 Å². The van der Waals surface area contributed by atoms with E-state index in [-0.39, 0.29) is 0 Å². The molecule has 0 saturated heterocycles. The first-order chi connectivity index (χ1) is 2.77. The molecule has 1 fully saturated rings. The average Bonchev–Trinajstić information content (AvgIpc) is 2.22. The molecule has 0 aromatic rings. The van der Waals surface area contributed by atoms with Gasteiger partial charge in [-0.15, -0.1) is 6.58 Å². The Hall–Kier alpha value is 0.470. The number of halogens is 1. The molecule has 1 aliphatic rings. The van der Waals surface area contributed by atoms with Crippen LogP contribution < -0.4 is 0 Å². The smallest absolute Gasteiger partial charge is 0.0399 e. The molecule has 0 radical (unpaired) electrons. The lowest BCUT2D eigenvalue weighted by Crippen LogP contribution is -1.82. The monoisotopic (exact) mass is 194 g/mol. The predicted molar refractivity (Wildman–Crippen MR) is 36.2 cm³/mol. The minimum absolute atomic E-state index is 0.526. The summed E-state index contributed by atoms with van der Waals surface area (Å²) in [6, 6.07) is 0. The third-order valence-electron chi connectivity index (χ3n) is 1.09. The largest absolute Gasteiger partial charge is 0.102 e. The minimum Gasteiger partial charge on any atom is -0.102 e. The van der Waals surface area contributed by atoms with Crippen LogP contribution in [0, 0.1) is 0 Å². The fourth-order valence-corrected chi connectivity index (χ4v) is 0.593. The second-order valence-corrected chi connectivity index (χ2v) is 3.89. The van der Waals surface area contributed by atoms with Crippen molar-refractivity contribution in [2.75, 3.05) is 0 Å². The van der Waals surface area contributed by atoms with Gasteiger partial charge in [0.05, 0.1) is 0 Å². The summed E-state index contributed by atoms with van der Waals surface area (Å²) in [5.41, 5.74) is 0. The quantitative estimate of drug-likeness (QED) is 0.340. The van der Waals surface area contributed by atoms with E-state index in [0.29, 0.717) is 3.42 Å². The van der Waals surface area contributed by atoms with Crippen LogP contribution in [0.4, 0.5) is 0 Å². The van der Waals surface area contributed by atoms with Crippen LogP contribution in [0.2, 0.25) is 0 Å². The molecule has 0 bridgehead atoms. The van der Waals surface area contributed by atoms with Gasteiger partial charge >= 0.3 is 0 Å². The zero-order valence-electron chi connectivity index (χ0n) is 3.58. The number of alkyl halides is 1. The van der Waals surface area contributed by atoms with Gasteiger partial charge in [0, 0.05) is 3.42 Å². The van der Waals surface area contributed by atoms with E-state index in [1.807, 2.05) is 6.08 Å². The average molecular weight is 194 g/mol. The highest BCUT2D eigenvalue weighted by Gasteiger charge is 2.35. The Morgan fingerprint density at radius 1 is 1.67 bits per heavy atom. The lowest BCUT2D eigenvalue weighted by molar-refractivity contribution is 1.27. The molecule has 0 unspecified atom stereocenters. The molecule has 0 amide bonds. The molecule has 0 atom stereocenters. The van der Waals surface area contributed by atoms with Gasteiger partial charge in [-0.3, -0.25) is 0 Å². The van der Waals surface area contributed by atoms with Crippen LogP contribution in [0.3, 0.4) is 0 Å². The van der Waals surface area contributed by atoms with Gasteiger partial charge in [0.2, 0.25) is 0 Å². The molecular weight excluding hydrogens is 187 g/mol. The maximum absolute atomic E-state index is 3.69. The molecular formula is C5H7I. The predicted octanol–water partition coefficient (Wildman–Crippen LogP) is 2.14. The standard InChI is InChI=1S/C5H7I/c1-2-5(6)3-4-5/h2H,1,3-4H2. The summed E-state index contributed by atoms with van der Waals surface area (Å²) >= 11 is 2.43. The molecule has 0 N–H and O–H groups in total. The van der Waals surface area contributed by atoms with Gasteiger partial charge in [-0.2, -0.15) is 0 Å². The summed E-state index contributed by atoms with van der Waals surface area (Å²) in [4.78, 5) is 0. The molecule has 0 nitrogen and oxygen atoms in total. The topological polar surface area (TPSA) is 0 Å². The van der Waals surface area contributed by atoms with E-state index in [9.17, 15) is 0 Å². The van der Waals surface area contributed by atoms with Crippen molar-refractivity contribution in [1.29, 1.82) is 0 Å². The van der Waals surface area contributed by atoms with Crippen LogP contribution in [0.25, 0.3) is 0 Å². The zero-order valence-corrected chi connectivity index (χ0v) is 5.73. The molecule has 0 spiro atoms. The molecule has 0 aliphatic heterocycles. The van der Waals surface area contributed by atoms with Gasteiger partial charge < -0.3 is 0 Å². The third-order valence-corrected chi connectivity index (χ3v) is 2.61. The van der Waals surface area contributed by atoms with E-state index >= 15 is 0 Å². The molecule has 0 heterocycles. The van der Waals surface area contributed by atoms with E-state index in [1.54, 1.807) is 0 Å². The van der Waals surface area contributed by atoms with Crippen molar-refractivity contribution in [2.24, 2.45) is 0 Å². The molecule has 1 heteroatoms. The van der Waals surface area contributed by atoms with Crippen molar-refractivity contribution in [1.82, 2.24) is 0 Å². The number of rotatable bonds is 1. The fourth-order valence-electron chi connectivity index (χ4n) is 0.324. The summed E-state index contributed by atoms with van der Waals surface area (Å²) in [5, 5.41) is 0. The van der Waals surface area contributed by atoms with Gasteiger partial charge in [0.1, 0.15) is 0 Å². The van der Waals surface area contributed by atoms with Crippen LogP contribution >= 0.6 is 22.6 Å². The Morgan fingerprint density at radius 3 is 2.17 bits per heavy atom. The van der Waals surface area contributed by atoms with Crippen molar-refractivity contribution in [2.45, 2.75) is 16.3 Å². The highest BCUT2D eigenvalue weighted by atomic mass is 127.